The van der Waals surface area contributed by atoms with Gasteiger partial charge in [-0.25, -0.2) is 4.98 Å². The summed E-state index contributed by atoms with van der Waals surface area (Å²) in [5.41, 5.74) is 0. The van der Waals surface area contributed by atoms with E-state index in [0.29, 0.717) is 12.1 Å². The molecule has 0 bridgehead atoms. The molecule has 1 unspecified atom stereocenters. The lowest BCUT2D eigenvalue weighted by molar-refractivity contribution is 0.458. The van der Waals surface area contributed by atoms with Gasteiger partial charge in [-0.3, -0.25) is 0 Å². The summed E-state index contributed by atoms with van der Waals surface area (Å²) in [5.74, 6) is 1.02. The van der Waals surface area contributed by atoms with E-state index in [1.165, 1.54) is 41.9 Å². The maximum Gasteiger partial charge on any atom is 0.203 e. The molecule has 0 aliphatic heterocycles. The summed E-state index contributed by atoms with van der Waals surface area (Å²) in [6.07, 6.45) is 10.6. The van der Waals surface area contributed by atoms with Crippen molar-refractivity contribution in [2.75, 3.05) is 5.32 Å². The van der Waals surface area contributed by atoms with Crippen molar-refractivity contribution >= 4 is 17.3 Å². The zero-order valence-corrected chi connectivity index (χ0v) is 13.1. The molecule has 20 heavy (non-hydrogen) atoms. The molecule has 1 N–H and O–H groups in total. The Bertz CT molecular complexity index is 552. The number of aryl methyl sites for hydroxylation is 1. The number of thiophene rings is 1. The number of anilines is 1. The van der Waals surface area contributed by atoms with E-state index in [1.807, 2.05) is 17.5 Å². The zero-order chi connectivity index (χ0) is 13.9. The van der Waals surface area contributed by atoms with E-state index in [0.717, 1.165) is 5.95 Å². The number of hydrogen-bond acceptors (Lipinski definition) is 3. The van der Waals surface area contributed by atoms with Gasteiger partial charge in [0.25, 0.3) is 0 Å². The standard InChI is InChI=1S/C16H23N3S/c1-12-8-9-15(20-12)13(2)19-11-10-17-16(19)18-14-6-4-3-5-7-14/h8-11,13-14H,3-7H2,1-2H3,(H,17,18). The van der Waals surface area contributed by atoms with Crippen LogP contribution in [0.15, 0.2) is 24.5 Å². The number of aromatic nitrogens is 2. The Labute approximate surface area is 125 Å². The van der Waals surface area contributed by atoms with Crippen LogP contribution in [0.4, 0.5) is 5.95 Å². The van der Waals surface area contributed by atoms with Crippen LogP contribution in [-0.4, -0.2) is 15.6 Å². The normalized spacial score (nSPS) is 18.1. The summed E-state index contributed by atoms with van der Waals surface area (Å²) in [6.45, 7) is 4.41. The van der Waals surface area contributed by atoms with Crippen LogP contribution < -0.4 is 5.32 Å². The van der Waals surface area contributed by atoms with Gasteiger partial charge in [-0.2, -0.15) is 0 Å². The Balaban J connectivity index is 1.75. The van der Waals surface area contributed by atoms with E-state index in [-0.39, 0.29) is 0 Å². The fourth-order valence-electron chi connectivity index (χ4n) is 2.98. The molecule has 2 aromatic heterocycles. The minimum Gasteiger partial charge on any atom is -0.353 e. The largest absolute Gasteiger partial charge is 0.353 e. The van der Waals surface area contributed by atoms with Gasteiger partial charge in [0.05, 0.1) is 6.04 Å². The molecule has 0 amide bonds. The Morgan fingerprint density at radius 3 is 2.80 bits per heavy atom. The fourth-order valence-corrected chi connectivity index (χ4v) is 3.91. The second-order valence-corrected chi connectivity index (χ2v) is 7.08. The quantitative estimate of drug-likeness (QED) is 0.891. The molecule has 3 rings (SSSR count). The maximum absolute atomic E-state index is 4.52. The molecule has 4 heteroatoms. The van der Waals surface area contributed by atoms with Gasteiger partial charge in [-0.15, -0.1) is 11.3 Å². The van der Waals surface area contributed by atoms with Gasteiger partial charge >= 0.3 is 0 Å². The third-order valence-corrected chi connectivity index (χ3v) is 5.37. The zero-order valence-electron chi connectivity index (χ0n) is 12.3. The third kappa shape index (κ3) is 2.90. The lowest BCUT2D eigenvalue weighted by atomic mass is 9.96. The highest BCUT2D eigenvalue weighted by Crippen LogP contribution is 2.29. The van der Waals surface area contributed by atoms with Crippen LogP contribution in [0, 0.1) is 6.92 Å². The first kappa shape index (κ1) is 13.7. The highest BCUT2D eigenvalue weighted by Gasteiger charge is 2.18. The van der Waals surface area contributed by atoms with Crippen LogP contribution in [0.1, 0.15) is 54.8 Å². The lowest BCUT2D eigenvalue weighted by Crippen LogP contribution is -2.24. The lowest BCUT2D eigenvalue weighted by Gasteiger charge is -2.25. The van der Waals surface area contributed by atoms with Crippen LogP contribution in [-0.2, 0) is 0 Å². The van der Waals surface area contributed by atoms with Crippen molar-refractivity contribution < 1.29 is 0 Å². The van der Waals surface area contributed by atoms with Crippen LogP contribution in [0.2, 0.25) is 0 Å². The minimum absolute atomic E-state index is 0.349. The number of rotatable bonds is 4. The summed E-state index contributed by atoms with van der Waals surface area (Å²) in [7, 11) is 0. The number of hydrogen-bond donors (Lipinski definition) is 1. The number of imidazole rings is 1. The molecule has 0 aromatic carbocycles. The molecule has 2 aromatic rings. The van der Waals surface area contributed by atoms with Crippen molar-refractivity contribution in [1.29, 1.82) is 0 Å². The van der Waals surface area contributed by atoms with Crippen LogP contribution in [0.25, 0.3) is 0 Å². The van der Waals surface area contributed by atoms with Crippen molar-refractivity contribution in [1.82, 2.24) is 9.55 Å². The fraction of sp³-hybridized carbons (Fsp3) is 0.562. The molecule has 0 radical (unpaired) electrons. The van der Waals surface area contributed by atoms with Gasteiger partial charge in [-0.05, 0) is 38.8 Å². The van der Waals surface area contributed by atoms with Gasteiger partial charge < -0.3 is 9.88 Å². The van der Waals surface area contributed by atoms with Gasteiger partial charge in [0.1, 0.15) is 0 Å². The third-order valence-electron chi connectivity index (χ3n) is 4.20. The molecule has 1 fully saturated rings. The summed E-state index contributed by atoms with van der Waals surface area (Å²) in [6, 6.07) is 5.38. The SMILES string of the molecule is Cc1ccc(C(C)n2ccnc2NC2CCCCC2)s1. The first-order chi connectivity index (χ1) is 9.74. The van der Waals surface area contributed by atoms with Gasteiger partial charge in [0, 0.05) is 28.2 Å². The molecule has 0 spiro atoms. The Morgan fingerprint density at radius 1 is 1.30 bits per heavy atom. The summed E-state index contributed by atoms with van der Waals surface area (Å²) < 4.78 is 2.26. The number of nitrogens with one attached hydrogen (secondary N) is 1. The summed E-state index contributed by atoms with van der Waals surface area (Å²) in [4.78, 5) is 7.28. The van der Waals surface area contributed by atoms with Crippen molar-refractivity contribution in [2.45, 2.75) is 58.0 Å². The second kappa shape index (κ2) is 6.00. The monoisotopic (exact) mass is 289 g/mol. The number of nitrogens with zero attached hydrogens (tertiary/aromatic N) is 2. The molecule has 1 aliphatic carbocycles. The molecule has 2 heterocycles. The predicted octanol–water partition coefficient (Wildman–Crippen LogP) is 4.61. The van der Waals surface area contributed by atoms with Crippen molar-refractivity contribution in [3.8, 4) is 0 Å². The summed E-state index contributed by atoms with van der Waals surface area (Å²) in [5, 5.41) is 3.64. The van der Waals surface area contributed by atoms with Gasteiger partial charge in [0.15, 0.2) is 0 Å². The first-order valence-corrected chi connectivity index (χ1v) is 8.41. The molecule has 1 saturated carbocycles. The minimum atomic E-state index is 0.349. The summed E-state index contributed by atoms with van der Waals surface area (Å²) >= 11 is 1.87. The van der Waals surface area contributed by atoms with Crippen LogP contribution in [0.5, 0.6) is 0 Å². The van der Waals surface area contributed by atoms with Crippen molar-refractivity contribution in [3.05, 3.63) is 34.3 Å². The smallest absolute Gasteiger partial charge is 0.203 e. The van der Waals surface area contributed by atoms with E-state index in [4.69, 9.17) is 0 Å². The van der Waals surface area contributed by atoms with E-state index in [1.54, 1.807) is 0 Å². The van der Waals surface area contributed by atoms with Crippen LogP contribution >= 0.6 is 11.3 Å². The maximum atomic E-state index is 4.52. The van der Waals surface area contributed by atoms with E-state index < -0.39 is 0 Å². The topological polar surface area (TPSA) is 29.9 Å². The first-order valence-electron chi connectivity index (χ1n) is 7.60. The van der Waals surface area contributed by atoms with E-state index in [9.17, 15) is 0 Å². The molecule has 1 aliphatic rings. The van der Waals surface area contributed by atoms with Crippen LogP contribution in [0.3, 0.4) is 0 Å². The average Bonchev–Trinajstić information content (AvgIpc) is 3.08. The molecule has 3 nitrogen and oxygen atoms in total. The van der Waals surface area contributed by atoms with Gasteiger partial charge in [0.2, 0.25) is 5.95 Å². The Morgan fingerprint density at radius 2 is 2.10 bits per heavy atom. The highest BCUT2D eigenvalue weighted by atomic mass is 32.1. The second-order valence-electron chi connectivity index (χ2n) is 5.76. The van der Waals surface area contributed by atoms with E-state index >= 15 is 0 Å². The molecular formula is C16H23N3S. The van der Waals surface area contributed by atoms with Gasteiger partial charge in [-0.1, -0.05) is 19.3 Å². The Hall–Kier alpha value is -1.29. The van der Waals surface area contributed by atoms with E-state index in [2.05, 4.69) is 47.0 Å². The molecule has 108 valence electrons. The highest BCUT2D eigenvalue weighted by molar-refractivity contribution is 7.12. The molecule has 1 atom stereocenters. The van der Waals surface area contributed by atoms with Crippen molar-refractivity contribution in [2.24, 2.45) is 0 Å². The van der Waals surface area contributed by atoms with Crippen molar-refractivity contribution in [3.63, 3.8) is 0 Å². The predicted molar refractivity (Wildman–Crippen MR) is 85.6 cm³/mol. The molecular weight excluding hydrogens is 266 g/mol. The Kier molecular flexibility index (Phi) is 4.10. The molecule has 0 saturated heterocycles. The average molecular weight is 289 g/mol.